The largest absolute Gasteiger partial charge is 0.370 e. The Hall–Kier alpha value is -0.390. The molecule has 90 valence electrons. The van der Waals surface area contributed by atoms with Gasteiger partial charge in [0, 0.05) is 17.3 Å². The van der Waals surface area contributed by atoms with E-state index >= 15 is 0 Å². The van der Waals surface area contributed by atoms with Gasteiger partial charge in [0.1, 0.15) is 0 Å². The topological polar surface area (TPSA) is 69.1 Å². The Labute approximate surface area is 108 Å². The van der Waals surface area contributed by atoms with Gasteiger partial charge in [-0.3, -0.25) is 4.79 Å². The normalized spacial score (nSPS) is 14.8. The fourth-order valence-corrected chi connectivity index (χ4v) is 3.60. The van der Waals surface area contributed by atoms with Gasteiger partial charge in [0.05, 0.1) is 3.79 Å². The van der Waals surface area contributed by atoms with Crippen molar-refractivity contribution in [3.8, 4) is 0 Å². The number of rotatable bonds is 5. The fourth-order valence-electron chi connectivity index (χ4n) is 1.81. The number of carbonyl (C=O) groups excluding carboxylic acids is 1. The molecule has 0 saturated carbocycles. The van der Waals surface area contributed by atoms with Crippen LogP contribution in [0.25, 0.3) is 0 Å². The second-order valence-corrected chi connectivity index (χ2v) is 6.82. The highest BCUT2D eigenvalue weighted by Crippen LogP contribution is 2.32. The van der Waals surface area contributed by atoms with E-state index in [1.54, 1.807) is 11.3 Å². The second-order valence-electron chi connectivity index (χ2n) is 4.18. The van der Waals surface area contributed by atoms with Crippen molar-refractivity contribution in [3.63, 3.8) is 0 Å². The van der Waals surface area contributed by atoms with Crippen molar-refractivity contribution < 1.29 is 4.79 Å². The molecule has 0 aliphatic rings. The number of hydrogen-bond acceptors (Lipinski definition) is 3. The zero-order valence-electron chi connectivity index (χ0n) is 9.50. The first-order chi connectivity index (χ1) is 7.40. The van der Waals surface area contributed by atoms with Gasteiger partial charge in [0.25, 0.3) is 0 Å². The molecule has 0 radical (unpaired) electrons. The van der Waals surface area contributed by atoms with E-state index in [2.05, 4.69) is 28.9 Å². The van der Waals surface area contributed by atoms with Crippen LogP contribution in [0.1, 0.15) is 36.2 Å². The highest BCUT2D eigenvalue weighted by molar-refractivity contribution is 9.11. The summed E-state index contributed by atoms with van der Waals surface area (Å²) in [5.41, 5.74) is 12.4. The van der Waals surface area contributed by atoms with Crippen molar-refractivity contribution in [1.29, 1.82) is 0 Å². The van der Waals surface area contributed by atoms with Crippen molar-refractivity contribution in [1.82, 2.24) is 0 Å². The van der Waals surface area contributed by atoms with Crippen molar-refractivity contribution in [2.75, 3.05) is 0 Å². The van der Waals surface area contributed by atoms with Crippen LogP contribution in [-0.4, -0.2) is 5.91 Å². The highest BCUT2D eigenvalue weighted by atomic mass is 79.9. The van der Waals surface area contributed by atoms with Gasteiger partial charge in [-0.15, -0.1) is 11.3 Å². The summed E-state index contributed by atoms with van der Waals surface area (Å²) in [6.07, 6.45) is 1.19. The van der Waals surface area contributed by atoms with Crippen LogP contribution >= 0.6 is 27.3 Å². The second kappa shape index (κ2) is 5.80. The van der Waals surface area contributed by atoms with Crippen LogP contribution in [0.15, 0.2) is 9.85 Å². The van der Waals surface area contributed by atoms with E-state index in [1.165, 1.54) is 4.88 Å². The van der Waals surface area contributed by atoms with E-state index in [-0.39, 0.29) is 17.9 Å². The van der Waals surface area contributed by atoms with Crippen molar-refractivity contribution >= 4 is 33.2 Å². The van der Waals surface area contributed by atoms with Crippen molar-refractivity contribution in [2.45, 2.75) is 32.7 Å². The first kappa shape index (κ1) is 13.7. The molecule has 3 nitrogen and oxygen atoms in total. The third kappa shape index (κ3) is 3.88. The minimum Gasteiger partial charge on any atom is -0.370 e. The molecule has 0 fully saturated rings. The number of primary amides is 1. The molecule has 5 heteroatoms. The number of amides is 1. The van der Waals surface area contributed by atoms with Gasteiger partial charge < -0.3 is 11.5 Å². The molecule has 0 saturated heterocycles. The van der Waals surface area contributed by atoms with Gasteiger partial charge in [0.2, 0.25) is 5.91 Å². The van der Waals surface area contributed by atoms with E-state index in [0.717, 1.165) is 15.8 Å². The molecular weight excluding hydrogens is 288 g/mol. The number of nitrogens with two attached hydrogens (primary N) is 2. The number of thiophene rings is 1. The van der Waals surface area contributed by atoms with Gasteiger partial charge in [0.15, 0.2) is 0 Å². The minimum atomic E-state index is -0.261. The van der Waals surface area contributed by atoms with Gasteiger partial charge in [-0.25, -0.2) is 0 Å². The Morgan fingerprint density at radius 2 is 2.25 bits per heavy atom. The third-order valence-corrected chi connectivity index (χ3v) is 4.10. The van der Waals surface area contributed by atoms with Crippen LogP contribution in [0.4, 0.5) is 0 Å². The number of hydrogen-bond donors (Lipinski definition) is 2. The maximum absolute atomic E-state index is 10.8. The van der Waals surface area contributed by atoms with Gasteiger partial charge >= 0.3 is 0 Å². The summed E-state index contributed by atoms with van der Waals surface area (Å²) in [6, 6.07) is 2.04. The highest BCUT2D eigenvalue weighted by Gasteiger charge is 2.16. The molecule has 0 aromatic carbocycles. The smallest absolute Gasteiger partial charge is 0.217 e. The summed E-state index contributed by atoms with van der Waals surface area (Å²) < 4.78 is 1.10. The quantitative estimate of drug-likeness (QED) is 0.878. The molecule has 0 bridgehead atoms. The van der Waals surface area contributed by atoms with E-state index in [1.807, 2.05) is 6.92 Å². The van der Waals surface area contributed by atoms with Crippen LogP contribution in [0.3, 0.4) is 0 Å². The predicted molar refractivity (Wildman–Crippen MR) is 71.3 cm³/mol. The molecule has 1 amide bonds. The summed E-state index contributed by atoms with van der Waals surface area (Å²) in [4.78, 5) is 12.0. The molecule has 0 spiro atoms. The van der Waals surface area contributed by atoms with E-state index in [0.29, 0.717) is 6.42 Å². The Morgan fingerprint density at radius 1 is 1.62 bits per heavy atom. The predicted octanol–water partition coefficient (Wildman–Crippen LogP) is 2.72. The maximum atomic E-state index is 10.8. The third-order valence-electron chi connectivity index (χ3n) is 2.53. The number of aryl methyl sites for hydroxylation is 1. The minimum absolute atomic E-state index is 0.0168. The summed E-state index contributed by atoms with van der Waals surface area (Å²) in [5, 5.41) is 0. The van der Waals surface area contributed by atoms with E-state index in [9.17, 15) is 4.79 Å². The van der Waals surface area contributed by atoms with Crippen LogP contribution in [0, 0.1) is 12.8 Å². The average Bonchev–Trinajstić information content (AvgIpc) is 2.43. The average molecular weight is 305 g/mol. The fraction of sp³-hybridized carbons (Fsp3) is 0.545. The molecule has 0 aliphatic heterocycles. The molecule has 1 aromatic rings. The van der Waals surface area contributed by atoms with Crippen LogP contribution in [0.2, 0.25) is 0 Å². The van der Waals surface area contributed by atoms with Crippen LogP contribution in [0.5, 0.6) is 0 Å². The monoisotopic (exact) mass is 304 g/mol. The molecular formula is C11H17BrN2OS. The number of halogens is 1. The van der Waals surface area contributed by atoms with Gasteiger partial charge in [-0.1, -0.05) is 6.92 Å². The molecule has 0 aliphatic carbocycles. The lowest BCUT2D eigenvalue weighted by Crippen LogP contribution is -2.19. The SMILES string of the molecule is Cc1sc(Br)cc1C(N)CC(C)CC(N)=O. The van der Waals surface area contributed by atoms with Gasteiger partial charge in [-0.2, -0.15) is 0 Å². The zero-order valence-corrected chi connectivity index (χ0v) is 11.9. The summed E-state index contributed by atoms with van der Waals surface area (Å²) in [6.45, 7) is 4.06. The molecule has 2 atom stereocenters. The first-order valence-corrected chi connectivity index (χ1v) is 6.80. The molecule has 1 heterocycles. The molecule has 4 N–H and O–H groups in total. The van der Waals surface area contributed by atoms with Crippen LogP contribution < -0.4 is 11.5 Å². The first-order valence-electron chi connectivity index (χ1n) is 5.20. The molecule has 2 unspecified atom stereocenters. The Kier molecular flexibility index (Phi) is 4.95. The van der Waals surface area contributed by atoms with E-state index < -0.39 is 0 Å². The summed E-state index contributed by atoms with van der Waals surface area (Å²) >= 11 is 5.13. The lowest BCUT2D eigenvalue weighted by atomic mass is 9.94. The standard InChI is InChI=1S/C11H17BrN2OS/c1-6(4-11(14)15)3-9(13)8-5-10(12)16-7(8)2/h5-6,9H,3-4,13H2,1-2H3,(H2,14,15). The molecule has 1 aromatic heterocycles. The Morgan fingerprint density at radius 3 is 2.69 bits per heavy atom. The maximum Gasteiger partial charge on any atom is 0.217 e. The zero-order chi connectivity index (χ0) is 12.3. The van der Waals surface area contributed by atoms with E-state index in [4.69, 9.17) is 11.5 Å². The molecule has 16 heavy (non-hydrogen) atoms. The summed E-state index contributed by atoms with van der Waals surface area (Å²) in [7, 11) is 0. The summed E-state index contributed by atoms with van der Waals surface area (Å²) in [5.74, 6) is -0.0338. The van der Waals surface area contributed by atoms with Crippen molar-refractivity contribution in [3.05, 3.63) is 20.3 Å². The lowest BCUT2D eigenvalue weighted by molar-refractivity contribution is -0.118. The number of carbonyl (C=O) groups is 1. The lowest BCUT2D eigenvalue weighted by Gasteiger charge is -2.16. The van der Waals surface area contributed by atoms with Gasteiger partial charge in [-0.05, 0) is 46.8 Å². The molecule has 1 rings (SSSR count). The van der Waals surface area contributed by atoms with Crippen LogP contribution in [-0.2, 0) is 4.79 Å². The van der Waals surface area contributed by atoms with Crippen molar-refractivity contribution in [2.24, 2.45) is 17.4 Å². The Bertz CT molecular complexity index is 378. The Balaban J connectivity index is 2.61.